The highest BCUT2D eigenvalue weighted by Gasteiger charge is 2.22. The third kappa shape index (κ3) is 8.73. The average molecular weight is 405 g/mol. The van der Waals surface area contributed by atoms with Crippen molar-refractivity contribution in [2.75, 3.05) is 0 Å². The Kier molecular flexibility index (Phi) is 10.2. The fourth-order valence-electron chi connectivity index (χ4n) is 2.27. The first-order chi connectivity index (χ1) is 14.1. The van der Waals surface area contributed by atoms with Crippen LogP contribution in [0.25, 0.3) is 12.2 Å². The van der Waals surface area contributed by atoms with E-state index in [4.69, 9.17) is 0 Å². The van der Waals surface area contributed by atoms with Gasteiger partial charge >= 0.3 is 0 Å². The smallest absolute Gasteiger partial charge is 0.161 e. The number of ketones is 2. The lowest BCUT2D eigenvalue weighted by Crippen LogP contribution is -2.20. The van der Waals surface area contributed by atoms with Crippen LogP contribution in [0.4, 0.5) is 0 Å². The number of hydrogen-bond donors (Lipinski definition) is 0. The minimum Gasteiger partial charge on any atom is -0.294 e. The van der Waals surface area contributed by atoms with E-state index in [1.54, 1.807) is 12.2 Å². The molecule has 0 spiro atoms. The summed E-state index contributed by atoms with van der Waals surface area (Å²) in [6.07, 6.45) is 8.84. The second-order valence-corrected chi connectivity index (χ2v) is 8.69. The quantitative estimate of drug-likeness (QED) is 0.429. The van der Waals surface area contributed by atoms with Gasteiger partial charge in [0.2, 0.25) is 0 Å². The van der Waals surface area contributed by atoms with E-state index in [0.717, 1.165) is 24.0 Å². The zero-order valence-corrected chi connectivity index (χ0v) is 19.3. The molecule has 2 aromatic carbocycles. The number of hydrogen-bond acceptors (Lipinski definition) is 2. The Morgan fingerprint density at radius 3 is 1.20 bits per heavy atom. The van der Waals surface area contributed by atoms with Crippen LogP contribution in [-0.2, 0) is 9.59 Å². The molecule has 0 radical (unpaired) electrons. The molecule has 0 fully saturated rings. The van der Waals surface area contributed by atoms with Crippen molar-refractivity contribution < 1.29 is 9.59 Å². The lowest BCUT2D eigenvalue weighted by molar-refractivity contribution is -0.122. The summed E-state index contributed by atoms with van der Waals surface area (Å²) < 4.78 is 0. The molecule has 0 aliphatic rings. The Labute approximate surface area is 182 Å². The Hall–Kier alpha value is -2.74. The molecule has 0 aliphatic carbocycles. The van der Waals surface area contributed by atoms with Crippen molar-refractivity contribution in [1.82, 2.24) is 0 Å². The fraction of sp³-hybridized carbons (Fsp3) is 0.357. The molecular weight excluding hydrogens is 368 g/mol. The Morgan fingerprint density at radius 2 is 0.933 bits per heavy atom. The molecule has 0 amide bonds. The summed E-state index contributed by atoms with van der Waals surface area (Å²) in [5.41, 5.74) is 1.65. The SMILES string of the molecule is CCC(C)(C)C(=O)C=Cc1ccccc1.CCC(C)(C)C(=O)C=Cc1ccccc1. The van der Waals surface area contributed by atoms with Gasteiger partial charge in [-0.15, -0.1) is 0 Å². The van der Waals surface area contributed by atoms with Gasteiger partial charge in [-0.05, 0) is 36.1 Å². The van der Waals surface area contributed by atoms with E-state index in [1.807, 2.05) is 114 Å². The van der Waals surface area contributed by atoms with E-state index >= 15 is 0 Å². The third-order valence-electron chi connectivity index (χ3n) is 5.56. The molecule has 2 aromatic rings. The first kappa shape index (κ1) is 25.3. The molecule has 0 aliphatic heterocycles. The van der Waals surface area contributed by atoms with Crippen LogP contribution in [0.3, 0.4) is 0 Å². The molecule has 160 valence electrons. The van der Waals surface area contributed by atoms with Gasteiger partial charge in [0.15, 0.2) is 11.6 Å². The van der Waals surface area contributed by atoms with Crippen LogP contribution in [0.1, 0.15) is 65.5 Å². The maximum atomic E-state index is 11.8. The first-order valence-corrected chi connectivity index (χ1v) is 10.7. The molecular formula is C28H36O2. The summed E-state index contributed by atoms with van der Waals surface area (Å²) in [6.45, 7) is 12.0. The molecule has 0 saturated heterocycles. The number of allylic oxidation sites excluding steroid dienone is 2. The van der Waals surface area contributed by atoms with Crippen molar-refractivity contribution in [2.24, 2.45) is 10.8 Å². The van der Waals surface area contributed by atoms with Gasteiger partial charge in [-0.2, -0.15) is 0 Å². The van der Waals surface area contributed by atoms with Gasteiger partial charge in [-0.1, -0.05) is 114 Å². The predicted octanol–water partition coefficient (Wildman–Crippen LogP) is 7.41. The fourth-order valence-corrected chi connectivity index (χ4v) is 2.27. The van der Waals surface area contributed by atoms with Gasteiger partial charge in [0, 0.05) is 10.8 Å². The minimum absolute atomic E-state index is 0.189. The van der Waals surface area contributed by atoms with E-state index in [0.29, 0.717) is 0 Å². The molecule has 0 heterocycles. The van der Waals surface area contributed by atoms with Crippen molar-refractivity contribution in [3.8, 4) is 0 Å². The Balaban J connectivity index is 0.000000300. The molecule has 30 heavy (non-hydrogen) atoms. The molecule has 0 unspecified atom stereocenters. The highest BCUT2D eigenvalue weighted by Crippen LogP contribution is 2.22. The first-order valence-electron chi connectivity index (χ1n) is 10.7. The molecule has 0 atom stereocenters. The zero-order valence-electron chi connectivity index (χ0n) is 19.3. The lowest BCUT2D eigenvalue weighted by Gasteiger charge is -2.18. The largest absolute Gasteiger partial charge is 0.294 e. The van der Waals surface area contributed by atoms with E-state index < -0.39 is 0 Å². The summed E-state index contributed by atoms with van der Waals surface area (Å²) in [7, 11) is 0. The van der Waals surface area contributed by atoms with Crippen molar-refractivity contribution in [3.63, 3.8) is 0 Å². The van der Waals surface area contributed by atoms with Crippen LogP contribution in [0, 0.1) is 10.8 Å². The van der Waals surface area contributed by atoms with Crippen LogP contribution in [-0.4, -0.2) is 11.6 Å². The maximum Gasteiger partial charge on any atom is 0.161 e. The summed E-state index contributed by atoms with van der Waals surface area (Å²) in [4.78, 5) is 23.6. The lowest BCUT2D eigenvalue weighted by atomic mass is 9.85. The molecule has 0 N–H and O–H groups in total. The van der Waals surface area contributed by atoms with Crippen molar-refractivity contribution in [2.45, 2.75) is 54.4 Å². The molecule has 0 saturated carbocycles. The van der Waals surface area contributed by atoms with Crippen LogP contribution < -0.4 is 0 Å². The molecule has 2 rings (SSSR count). The van der Waals surface area contributed by atoms with Crippen LogP contribution in [0.2, 0.25) is 0 Å². The van der Waals surface area contributed by atoms with Gasteiger partial charge in [0.1, 0.15) is 0 Å². The highest BCUT2D eigenvalue weighted by atomic mass is 16.1. The number of benzene rings is 2. The van der Waals surface area contributed by atoms with Gasteiger partial charge in [0.25, 0.3) is 0 Å². The predicted molar refractivity (Wildman–Crippen MR) is 129 cm³/mol. The second-order valence-electron chi connectivity index (χ2n) is 8.69. The van der Waals surface area contributed by atoms with E-state index in [-0.39, 0.29) is 22.4 Å². The Morgan fingerprint density at radius 1 is 0.633 bits per heavy atom. The highest BCUT2D eigenvalue weighted by molar-refractivity contribution is 5.98. The molecule has 0 aromatic heterocycles. The van der Waals surface area contributed by atoms with E-state index in [2.05, 4.69) is 0 Å². The van der Waals surface area contributed by atoms with Gasteiger partial charge in [-0.25, -0.2) is 0 Å². The summed E-state index contributed by atoms with van der Waals surface area (Å²) in [5, 5.41) is 0. The standard InChI is InChI=1S/2C14H18O/c2*1-4-14(2,3)13(15)11-10-12-8-6-5-7-9-12/h2*5-11H,4H2,1-3H3. The van der Waals surface area contributed by atoms with Gasteiger partial charge in [-0.3, -0.25) is 9.59 Å². The van der Waals surface area contributed by atoms with Crippen molar-refractivity contribution >= 4 is 23.7 Å². The summed E-state index contributed by atoms with van der Waals surface area (Å²) in [5.74, 6) is 0.378. The zero-order chi connectivity index (χ0) is 22.6. The van der Waals surface area contributed by atoms with Crippen LogP contribution in [0.5, 0.6) is 0 Å². The minimum atomic E-state index is -0.245. The molecule has 2 heteroatoms. The summed E-state index contributed by atoms with van der Waals surface area (Å²) in [6, 6.07) is 19.8. The average Bonchev–Trinajstić information content (AvgIpc) is 2.77. The van der Waals surface area contributed by atoms with Crippen LogP contribution in [0.15, 0.2) is 72.8 Å². The number of carbonyl (C=O) groups excluding carboxylic acids is 2. The van der Waals surface area contributed by atoms with Gasteiger partial charge < -0.3 is 0 Å². The Bertz CT molecular complexity index is 767. The summed E-state index contributed by atoms with van der Waals surface area (Å²) >= 11 is 0. The topological polar surface area (TPSA) is 34.1 Å². The number of carbonyl (C=O) groups is 2. The molecule has 0 bridgehead atoms. The van der Waals surface area contributed by atoms with E-state index in [9.17, 15) is 9.59 Å². The van der Waals surface area contributed by atoms with Crippen LogP contribution >= 0.6 is 0 Å². The normalized spacial score (nSPS) is 11.9. The second kappa shape index (κ2) is 12.1. The monoisotopic (exact) mass is 404 g/mol. The third-order valence-corrected chi connectivity index (χ3v) is 5.56. The maximum absolute atomic E-state index is 11.8. The molecule has 2 nitrogen and oxygen atoms in total. The van der Waals surface area contributed by atoms with Crippen molar-refractivity contribution in [3.05, 3.63) is 83.9 Å². The van der Waals surface area contributed by atoms with Gasteiger partial charge in [0.05, 0.1) is 0 Å². The van der Waals surface area contributed by atoms with E-state index in [1.165, 1.54) is 0 Å². The number of rotatable bonds is 8. The van der Waals surface area contributed by atoms with Crippen molar-refractivity contribution in [1.29, 1.82) is 0 Å².